The number of sulfonamides is 1. The van der Waals surface area contributed by atoms with E-state index in [2.05, 4.69) is 4.98 Å². The number of pyridine rings is 1. The van der Waals surface area contributed by atoms with E-state index in [0.717, 1.165) is 36.8 Å². The summed E-state index contributed by atoms with van der Waals surface area (Å²) in [6, 6.07) is 15.2. The number of benzene rings is 2. The van der Waals surface area contributed by atoms with Crippen LogP contribution in [0, 0.1) is 0 Å². The SMILES string of the molecule is COc1ccc(OC)c2sc(N(Cc3ccccn3)C(=O)c3ccc(S(=O)(=O)N(C)C4CCCCC4)cc3)nc12. The highest BCUT2D eigenvalue weighted by Gasteiger charge is 2.30. The molecule has 0 spiro atoms. The van der Waals surface area contributed by atoms with Gasteiger partial charge in [-0.1, -0.05) is 36.7 Å². The van der Waals surface area contributed by atoms with Crippen molar-refractivity contribution in [2.45, 2.75) is 49.6 Å². The summed E-state index contributed by atoms with van der Waals surface area (Å²) in [5, 5.41) is 0.446. The topological polar surface area (TPSA) is 102 Å². The molecule has 1 fully saturated rings. The van der Waals surface area contributed by atoms with Gasteiger partial charge in [0.2, 0.25) is 10.0 Å². The van der Waals surface area contributed by atoms with Crippen molar-refractivity contribution in [1.82, 2.24) is 14.3 Å². The van der Waals surface area contributed by atoms with Crippen LogP contribution >= 0.6 is 11.3 Å². The van der Waals surface area contributed by atoms with Crippen molar-refractivity contribution < 1.29 is 22.7 Å². The maximum atomic E-state index is 13.9. The van der Waals surface area contributed by atoms with Gasteiger partial charge in [0.05, 0.1) is 31.4 Å². The number of amides is 1. The van der Waals surface area contributed by atoms with Crippen LogP contribution < -0.4 is 14.4 Å². The number of rotatable bonds is 9. The first-order valence-corrected chi connectivity index (χ1v) is 15.4. The maximum Gasteiger partial charge on any atom is 0.260 e. The molecular weight excluding hydrogens is 548 g/mol. The van der Waals surface area contributed by atoms with Crippen molar-refractivity contribution in [2.24, 2.45) is 0 Å². The van der Waals surface area contributed by atoms with Gasteiger partial charge in [0.25, 0.3) is 5.91 Å². The van der Waals surface area contributed by atoms with Crippen LogP contribution in [-0.4, -0.2) is 55.9 Å². The Kier molecular flexibility index (Phi) is 8.34. The standard InChI is InChI=1S/C29H32N4O5S2/c1-32(22-10-5-4-6-11-22)40(35,36)23-14-12-20(13-15-23)28(34)33(19-21-9-7-8-18-30-21)29-31-26-24(37-2)16-17-25(38-3)27(26)39-29/h7-9,12-18,22H,4-6,10-11,19H2,1-3H3. The highest BCUT2D eigenvalue weighted by Crippen LogP contribution is 2.40. The van der Waals surface area contributed by atoms with Crippen LogP contribution in [0.4, 0.5) is 5.13 Å². The predicted octanol–water partition coefficient (Wildman–Crippen LogP) is 5.51. The van der Waals surface area contributed by atoms with Crippen LogP contribution in [0.25, 0.3) is 10.2 Å². The Morgan fingerprint density at radius 3 is 2.33 bits per heavy atom. The van der Waals surface area contributed by atoms with Crippen LogP contribution in [0.15, 0.2) is 65.7 Å². The van der Waals surface area contributed by atoms with Crippen molar-refractivity contribution in [3.05, 3.63) is 72.1 Å². The van der Waals surface area contributed by atoms with Gasteiger partial charge in [0.1, 0.15) is 21.7 Å². The summed E-state index contributed by atoms with van der Waals surface area (Å²) in [6.07, 6.45) is 6.62. The molecule has 1 amide bonds. The summed E-state index contributed by atoms with van der Waals surface area (Å²) in [5.74, 6) is 0.869. The predicted molar refractivity (Wildman–Crippen MR) is 156 cm³/mol. The smallest absolute Gasteiger partial charge is 0.260 e. The van der Waals surface area contributed by atoms with E-state index in [1.54, 1.807) is 56.6 Å². The molecule has 5 rings (SSSR count). The zero-order chi connectivity index (χ0) is 28.3. The van der Waals surface area contributed by atoms with E-state index in [4.69, 9.17) is 14.5 Å². The average molecular weight is 581 g/mol. The van der Waals surface area contributed by atoms with E-state index in [9.17, 15) is 13.2 Å². The third-order valence-electron chi connectivity index (χ3n) is 7.29. The molecular formula is C29H32N4O5S2. The summed E-state index contributed by atoms with van der Waals surface area (Å²) in [6.45, 7) is 0.175. The number of anilines is 1. The van der Waals surface area contributed by atoms with Gasteiger partial charge in [-0.15, -0.1) is 0 Å². The van der Waals surface area contributed by atoms with Gasteiger partial charge < -0.3 is 9.47 Å². The maximum absolute atomic E-state index is 13.9. The number of hydrogen-bond donors (Lipinski definition) is 0. The summed E-state index contributed by atoms with van der Waals surface area (Å²) >= 11 is 1.31. The van der Waals surface area contributed by atoms with Crippen LogP contribution in [0.2, 0.25) is 0 Å². The second-order valence-electron chi connectivity index (χ2n) is 9.69. The van der Waals surface area contributed by atoms with Gasteiger partial charge in [0.15, 0.2) is 5.13 Å². The zero-order valence-electron chi connectivity index (χ0n) is 22.7. The molecule has 2 aromatic carbocycles. The number of hydrogen-bond acceptors (Lipinski definition) is 8. The van der Waals surface area contributed by atoms with Crippen molar-refractivity contribution in [3.63, 3.8) is 0 Å². The van der Waals surface area contributed by atoms with Crippen LogP contribution in [0.5, 0.6) is 11.5 Å². The molecule has 210 valence electrons. The summed E-state index contributed by atoms with van der Waals surface area (Å²) < 4.78 is 39.9. The van der Waals surface area contributed by atoms with Gasteiger partial charge >= 0.3 is 0 Å². The van der Waals surface area contributed by atoms with Gasteiger partial charge in [0, 0.05) is 24.8 Å². The quantitative estimate of drug-likeness (QED) is 0.257. The lowest BCUT2D eigenvalue weighted by molar-refractivity contribution is 0.0984. The molecule has 1 saturated carbocycles. The van der Waals surface area contributed by atoms with Crippen LogP contribution in [-0.2, 0) is 16.6 Å². The summed E-state index contributed by atoms with van der Waals surface area (Å²) in [5.41, 5.74) is 1.61. The van der Waals surface area contributed by atoms with Crippen molar-refractivity contribution >= 4 is 42.6 Å². The highest BCUT2D eigenvalue weighted by molar-refractivity contribution is 7.89. The lowest BCUT2D eigenvalue weighted by atomic mass is 9.96. The number of nitrogens with zero attached hydrogens (tertiary/aromatic N) is 4. The number of ether oxygens (including phenoxy) is 2. The molecule has 0 aliphatic heterocycles. The molecule has 0 atom stereocenters. The Morgan fingerprint density at radius 2 is 1.68 bits per heavy atom. The monoisotopic (exact) mass is 580 g/mol. The van der Waals surface area contributed by atoms with Crippen LogP contribution in [0.3, 0.4) is 0 Å². The Balaban J connectivity index is 1.49. The molecule has 0 N–H and O–H groups in total. The number of carbonyl (C=O) groups is 1. The minimum atomic E-state index is -3.67. The second kappa shape index (κ2) is 11.9. The molecule has 0 radical (unpaired) electrons. The number of aromatic nitrogens is 2. The molecule has 0 bridgehead atoms. The third kappa shape index (κ3) is 5.54. The Hall–Kier alpha value is -3.54. The molecule has 0 saturated heterocycles. The lowest BCUT2D eigenvalue weighted by Crippen LogP contribution is -2.38. The largest absolute Gasteiger partial charge is 0.495 e. The molecule has 40 heavy (non-hydrogen) atoms. The average Bonchev–Trinajstić information content (AvgIpc) is 3.45. The van der Waals surface area contributed by atoms with E-state index in [1.807, 2.05) is 18.2 Å². The van der Waals surface area contributed by atoms with E-state index < -0.39 is 10.0 Å². The third-order valence-corrected chi connectivity index (χ3v) is 10.3. The minimum absolute atomic E-state index is 0.00180. The number of fused-ring (bicyclic) bond motifs is 1. The van der Waals surface area contributed by atoms with E-state index in [0.29, 0.717) is 33.4 Å². The van der Waals surface area contributed by atoms with Gasteiger partial charge in [-0.3, -0.25) is 14.7 Å². The van der Waals surface area contributed by atoms with E-state index in [-0.39, 0.29) is 23.4 Å². The highest BCUT2D eigenvalue weighted by atomic mass is 32.2. The fraction of sp³-hybridized carbons (Fsp3) is 0.345. The zero-order valence-corrected chi connectivity index (χ0v) is 24.4. The Bertz CT molecular complexity index is 1540. The van der Waals surface area contributed by atoms with E-state index in [1.165, 1.54) is 27.8 Å². The Morgan fingerprint density at radius 1 is 0.975 bits per heavy atom. The van der Waals surface area contributed by atoms with Crippen molar-refractivity contribution in [1.29, 1.82) is 0 Å². The van der Waals surface area contributed by atoms with Gasteiger partial charge in [-0.25, -0.2) is 13.4 Å². The molecule has 1 aliphatic rings. The first kappa shape index (κ1) is 28.0. The molecule has 0 unspecified atom stereocenters. The minimum Gasteiger partial charge on any atom is -0.495 e. The number of carbonyl (C=O) groups excluding carboxylic acids is 1. The van der Waals surface area contributed by atoms with Gasteiger partial charge in [-0.2, -0.15) is 4.31 Å². The molecule has 1 aliphatic carbocycles. The molecule has 2 aromatic heterocycles. The molecule has 9 nitrogen and oxygen atoms in total. The first-order chi connectivity index (χ1) is 19.3. The molecule has 11 heteroatoms. The Labute approximate surface area is 238 Å². The van der Waals surface area contributed by atoms with Crippen LogP contribution in [0.1, 0.15) is 48.2 Å². The van der Waals surface area contributed by atoms with Gasteiger partial charge in [-0.05, 0) is 61.4 Å². The van der Waals surface area contributed by atoms with Crippen molar-refractivity contribution in [3.8, 4) is 11.5 Å². The fourth-order valence-corrected chi connectivity index (χ4v) is 7.49. The van der Waals surface area contributed by atoms with Crippen molar-refractivity contribution in [2.75, 3.05) is 26.2 Å². The summed E-state index contributed by atoms with van der Waals surface area (Å²) in [7, 11) is 1.12. The second-order valence-corrected chi connectivity index (χ2v) is 12.7. The normalized spacial score (nSPS) is 14.4. The fourth-order valence-electron chi connectivity index (χ4n) is 5.00. The molecule has 4 aromatic rings. The number of methoxy groups -OCH3 is 2. The van der Waals surface area contributed by atoms with E-state index >= 15 is 0 Å². The number of thiazole rings is 1. The first-order valence-electron chi connectivity index (χ1n) is 13.1. The molecule has 2 heterocycles. The summed E-state index contributed by atoms with van der Waals surface area (Å²) in [4.78, 5) is 24.8. The lowest BCUT2D eigenvalue weighted by Gasteiger charge is -2.30.